The van der Waals surface area contributed by atoms with Gasteiger partial charge in [-0.25, -0.2) is 4.79 Å². The zero-order chi connectivity index (χ0) is 15.5. The molecule has 2 aliphatic heterocycles. The molecule has 1 fully saturated rings. The molecule has 0 bridgehead atoms. The largest absolute Gasteiger partial charge is 0.493 e. The summed E-state index contributed by atoms with van der Waals surface area (Å²) in [6.07, 6.45) is 3.58. The van der Waals surface area contributed by atoms with E-state index in [0.29, 0.717) is 23.7 Å². The number of hydrogen-bond acceptors (Lipinski definition) is 5. The van der Waals surface area contributed by atoms with Crippen LogP contribution in [-0.4, -0.2) is 44.8 Å². The van der Waals surface area contributed by atoms with Gasteiger partial charge < -0.3 is 19.1 Å². The Balaban J connectivity index is 2.00. The van der Waals surface area contributed by atoms with Crippen LogP contribution in [0.3, 0.4) is 0 Å². The van der Waals surface area contributed by atoms with Crippen LogP contribution in [-0.2, 0) is 9.53 Å². The average molecular weight is 303 g/mol. The number of cyclic esters (lactones) is 1. The number of nitrogens with zero attached hydrogens (tertiary/aromatic N) is 1. The van der Waals surface area contributed by atoms with Crippen LogP contribution in [0.25, 0.3) is 5.57 Å². The van der Waals surface area contributed by atoms with E-state index in [4.69, 9.17) is 14.2 Å². The quantitative estimate of drug-likeness (QED) is 0.800. The molecular formula is C17H21NO4. The first-order chi connectivity index (χ1) is 10.7. The van der Waals surface area contributed by atoms with Crippen LogP contribution in [0.2, 0.25) is 0 Å². The Labute approximate surface area is 130 Å². The Kier molecular flexibility index (Phi) is 4.22. The van der Waals surface area contributed by atoms with Crippen molar-refractivity contribution in [3.8, 4) is 11.5 Å². The van der Waals surface area contributed by atoms with Crippen LogP contribution in [0.1, 0.15) is 24.8 Å². The molecule has 0 aliphatic carbocycles. The van der Waals surface area contributed by atoms with Gasteiger partial charge in [0.05, 0.1) is 25.5 Å². The third kappa shape index (κ3) is 2.63. The van der Waals surface area contributed by atoms with Crippen LogP contribution in [0.5, 0.6) is 11.5 Å². The number of carbonyl (C=O) groups is 1. The minimum absolute atomic E-state index is 0.257. The fraction of sp³-hybridized carbons (Fsp3) is 0.471. The highest BCUT2D eigenvalue weighted by Gasteiger charge is 2.30. The molecule has 3 rings (SSSR count). The second kappa shape index (κ2) is 6.30. The lowest BCUT2D eigenvalue weighted by Crippen LogP contribution is -2.30. The number of esters is 1. The molecule has 5 nitrogen and oxygen atoms in total. The van der Waals surface area contributed by atoms with Gasteiger partial charge in [0.15, 0.2) is 11.5 Å². The Morgan fingerprint density at radius 1 is 1.05 bits per heavy atom. The predicted molar refractivity (Wildman–Crippen MR) is 82.8 cm³/mol. The van der Waals surface area contributed by atoms with E-state index in [0.717, 1.165) is 37.2 Å². The molecule has 22 heavy (non-hydrogen) atoms. The number of hydrogen-bond donors (Lipinski definition) is 0. The zero-order valence-electron chi connectivity index (χ0n) is 13.1. The number of ether oxygens (including phenoxy) is 3. The van der Waals surface area contributed by atoms with E-state index >= 15 is 0 Å². The Bertz CT molecular complexity index is 603. The van der Waals surface area contributed by atoms with Gasteiger partial charge in [0.2, 0.25) is 0 Å². The summed E-state index contributed by atoms with van der Waals surface area (Å²) < 4.78 is 15.9. The molecule has 0 unspecified atom stereocenters. The predicted octanol–water partition coefficient (Wildman–Crippen LogP) is 2.46. The van der Waals surface area contributed by atoms with E-state index < -0.39 is 0 Å². The first-order valence-corrected chi connectivity index (χ1v) is 7.62. The van der Waals surface area contributed by atoms with Crippen LogP contribution in [0.15, 0.2) is 23.9 Å². The molecule has 1 aromatic rings. The van der Waals surface area contributed by atoms with E-state index in [9.17, 15) is 4.79 Å². The van der Waals surface area contributed by atoms with Gasteiger partial charge in [-0.2, -0.15) is 0 Å². The van der Waals surface area contributed by atoms with Crippen molar-refractivity contribution in [3.05, 3.63) is 29.5 Å². The fourth-order valence-electron chi connectivity index (χ4n) is 3.09. The summed E-state index contributed by atoms with van der Waals surface area (Å²) in [6.45, 7) is 2.34. The fourth-order valence-corrected chi connectivity index (χ4v) is 3.09. The lowest BCUT2D eigenvalue weighted by atomic mass is 10.0. The van der Waals surface area contributed by atoms with Crippen molar-refractivity contribution in [2.75, 3.05) is 33.9 Å². The number of rotatable bonds is 4. The molecular weight excluding hydrogens is 282 g/mol. The number of piperidine rings is 1. The molecule has 0 atom stereocenters. The Morgan fingerprint density at radius 2 is 1.77 bits per heavy atom. The maximum absolute atomic E-state index is 12.2. The maximum Gasteiger partial charge on any atom is 0.341 e. The highest BCUT2D eigenvalue weighted by molar-refractivity contribution is 6.19. The SMILES string of the molecule is COc1ccc(C2=C(N3CCCCC3)COC2=O)cc1OC. The van der Waals surface area contributed by atoms with Crippen molar-refractivity contribution in [1.82, 2.24) is 4.90 Å². The molecule has 5 heteroatoms. The van der Waals surface area contributed by atoms with Crippen molar-refractivity contribution in [3.63, 3.8) is 0 Å². The van der Waals surface area contributed by atoms with E-state index in [1.807, 2.05) is 18.2 Å². The smallest absolute Gasteiger partial charge is 0.341 e. The van der Waals surface area contributed by atoms with Gasteiger partial charge in [0.1, 0.15) is 6.61 Å². The van der Waals surface area contributed by atoms with E-state index in [1.165, 1.54) is 6.42 Å². The van der Waals surface area contributed by atoms with Gasteiger partial charge in [0, 0.05) is 13.1 Å². The van der Waals surface area contributed by atoms with E-state index in [1.54, 1.807) is 14.2 Å². The van der Waals surface area contributed by atoms with Crippen molar-refractivity contribution in [2.45, 2.75) is 19.3 Å². The minimum Gasteiger partial charge on any atom is -0.493 e. The second-order valence-electron chi connectivity index (χ2n) is 5.52. The summed E-state index contributed by atoms with van der Waals surface area (Å²) in [4.78, 5) is 14.5. The van der Waals surface area contributed by atoms with Gasteiger partial charge in [-0.3, -0.25) is 0 Å². The number of likely N-dealkylation sites (tertiary alicyclic amines) is 1. The highest BCUT2D eigenvalue weighted by atomic mass is 16.5. The van der Waals surface area contributed by atoms with Gasteiger partial charge in [0.25, 0.3) is 0 Å². The zero-order valence-corrected chi connectivity index (χ0v) is 13.1. The Morgan fingerprint density at radius 3 is 2.45 bits per heavy atom. The molecule has 0 spiro atoms. The second-order valence-corrected chi connectivity index (χ2v) is 5.52. The number of methoxy groups -OCH3 is 2. The third-order valence-corrected chi connectivity index (χ3v) is 4.24. The molecule has 2 heterocycles. The number of benzene rings is 1. The molecule has 0 aromatic heterocycles. The molecule has 0 radical (unpaired) electrons. The summed E-state index contributed by atoms with van der Waals surface area (Å²) in [5.41, 5.74) is 2.47. The standard InChI is InChI=1S/C17H21NO4/c1-20-14-7-6-12(10-15(14)21-2)16-13(11-22-17(16)19)18-8-4-3-5-9-18/h6-7,10H,3-5,8-9,11H2,1-2H3. The summed E-state index contributed by atoms with van der Waals surface area (Å²) in [7, 11) is 3.19. The van der Waals surface area contributed by atoms with Crippen LogP contribution < -0.4 is 9.47 Å². The Hall–Kier alpha value is -2.17. The molecule has 1 aromatic carbocycles. The van der Waals surface area contributed by atoms with Crippen molar-refractivity contribution >= 4 is 11.5 Å². The molecule has 0 saturated carbocycles. The van der Waals surface area contributed by atoms with Crippen LogP contribution >= 0.6 is 0 Å². The number of carbonyl (C=O) groups excluding carboxylic acids is 1. The molecule has 118 valence electrons. The maximum atomic E-state index is 12.2. The average Bonchev–Trinajstić information content (AvgIpc) is 2.96. The minimum atomic E-state index is -0.257. The third-order valence-electron chi connectivity index (χ3n) is 4.24. The summed E-state index contributed by atoms with van der Waals surface area (Å²) in [5, 5.41) is 0. The molecule has 0 N–H and O–H groups in total. The first kappa shape index (κ1) is 14.8. The van der Waals surface area contributed by atoms with Crippen molar-refractivity contribution in [1.29, 1.82) is 0 Å². The normalized spacial score (nSPS) is 18.5. The van der Waals surface area contributed by atoms with Crippen molar-refractivity contribution < 1.29 is 19.0 Å². The van der Waals surface area contributed by atoms with Crippen molar-refractivity contribution in [2.24, 2.45) is 0 Å². The van der Waals surface area contributed by atoms with Gasteiger partial charge >= 0.3 is 5.97 Å². The molecule has 0 amide bonds. The summed E-state index contributed by atoms with van der Waals surface area (Å²) in [5.74, 6) is 1.01. The topological polar surface area (TPSA) is 48.0 Å². The molecule has 1 saturated heterocycles. The van der Waals surface area contributed by atoms with Gasteiger partial charge in [-0.1, -0.05) is 6.07 Å². The lowest BCUT2D eigenvalue weighted by molar-refractivity contribution is -0.134. The highest BCUT2D eigenvalue weighted by Crippen LogP contribution is 2.35. The first-order valence-electron chi connectivity index (χ1n) is 7.62. The van der Waals surface area contributed by atoms with E-state index in [2.05, 4.69) is 4.90 Å². The summed E-state index contributed by atoms with van der Waals surface area (Å²) >= 11 is 0. The van der Waals surface area contributed by atoms with E-state index in [-0.39, 0.29) is 5.97 Å². The van der Waals surface area contributed by atoms with Gasteiger partial charge in [-0.15, -0.1) is 0 Å². The lowest BCUT2D eigenvalue weighted by Gasteiger charge is -2.29. The summed E-state index contributed by atoms with van der Waals surface area (Å²) in [6, 6.07) is 5.54. The monoisotopic (exact) mass is 303 g/mol. The van der Waals surface area contributed by atoms with Crippen LogP contribution in [0.4, 0.5) is 0 Å². The van der Waals surface area contributed by atoms with Crippen LogP contribution in [0, 0.1) is 0 Å². The van der Waals surface area contributed by atoms with Gasteiger partial charge in [-0.05, 0) is 37.0 Å². The molecule has 2 aliphatic rings.